The smallest absolute Gasteiger partial charge is 0.419 e. The molecule has 0 radical (unpaired) electrons. The van der Waals surface area contributed by atoms with Gasteiger partial charge in [-0.25, -0.2) is 9.37 Å². The third-order valence-corrected chi connectivity index (χ3v) is 2.60. The Bertz CT molecular complexity index is 648. The molecule has 2 rings (SSSR count). The van der Waals surface area contributed by atoms with Gasteiger partial charge in [-0.2, -0.15) is 18.2 Å². The van der Waals surface area contributed by atoms with Crippen molar-refractivity contribution in [2.45, 2.75) is 6.18 Å². The number of nitrogen functional groups attached to an aromatic ring is 1. The average Bonchev–Trinajstić information content (AvgIpc) is 2.36. The number of anilines is 1. The Labute approximate surface area is 115 Å². The Hall–Kier alpha value is -2.09. The van der Waals surface area contributed by atoms with Crippen molar-refractivity contribution in [2.75, 3.05) is 5.73 Å². The molecule has 0 unspecified atom stereocenters. The summed E-state index contributed by atoms with van der Waals surface area (Å²) in [4.78, 5) is 7.20. The average molecular weight is 308 g/mol. The van der Waals surface area contributed by atoms with E-state index in [4.69, 9.17) is 22.1 Å². The predicted octanol–water partition coefficient (Wildman–Crippen LogP) is 3.66. The molecule has 4 nitrogen and oxygen atoms in total. The molecule has 1 aromatic heterocycles. The van der Waals surface area contributed by atoms with E-state index >= 15 is 0 Å². The highest BCUT2D eigenvalue weighted by Gasteiger charge is 2.34. The van der Waals surface area contributed by atoms with Crippen LogP contribution in [0.5, 0.6) is 11.6 Å². The summed E-state index contributed by atoms with van der Waals surface area (Å²) >= 11 is 5.73. The van der Waals surface area contributed by atoms with Crippen LogP contribution < -0.4 is 10.5 Å². The zero-order chi connectivity index (χ0) is 14.9. The van der Waals surface area contributed by atoms with E-state index in [2.05, 4.69) is 9.97 Å². The molecule has 0 saturated carbocycles. The molecule has 0 aliphatic heterocycles. The first kappa shape index (κ1) is 14.3. The molecule has 9 heteroatoms. The molecule has 0 fully saturated rings. The number of nitrogens with zero attached hydrogens (tertiary/aromatic N) is 2. The monoisotopic (exact) mass is 307 g/mol. The van der Waals surface area contributed by atoms with Crippen molar-refractivity contribution in [3.63, 3.8) is 0 Å². The summed E-state index contributed by atoms with van der Waals surface area (Å²) in [5, 5.41) is -0.148. The summed E-state index contributed by atoms with van der Waals surface area (Å²) < 4.78 is 55.8. The standard InChI is InChI=1S/C11H6ClF4N3O/c12-8-9(17)18-4-19-10(8)20-5-1-2-7(13)6(3-5)11(14,15)16/h1-4H,(H2,17,18,19). The first-order valence-electron chi connectivity index (χ1n) is 5.09. The Morgan fingerprint density at radius 3 is 2.55 bits per heavy atom. The number of rotatable bonds is 2. The maximum absolute atomic E-state index is 13.1. The highest BCUT2D eigenvalue weighted by molar-refractivity contribution is 6.34. The van der Waals surface area contributed by atoms with Crippen LogP contribution in [0.15, 0.2) is 24.5 Å². The van der Waals surface area contributed by atoms with Crippen LogP contribution in [0.4, 0.5) is 23.4 Å². The maximum Gasteiger partial charge on any atom is 0.419 e. The van der Waals surface area contributed by atoms with Gasteiger partial charge >= 0.3 is 6.18 Å². The summed E-state index contributed by atoms with van der Waals surface area (Å²) in [5.74, 6) is -1.99. The van der Waals surface area contributed by atoms with Crippen LogP contribution in [0, 0.1) is 5.82 Å². The van der Waals surface area contributed by atoms with Gasteiger partial charge in [0.05, 0.1) is 5.56 Å². The van der Waals surface area contributed by atoms with Crippen molar-refractivity contribution >= 4 is 17.4 Å². The Balaban J connectivity index is 2.38. The van der Waals surface area contributed by atoms with Gasteiger partial charge in [-0.1, -0.05) is 11.6 Å². The molecule has 106 valence electrons. The van der Waals surface area contributed by atoms with Gasteiger partial charge in [-0.15, -0.1) is 0 Å². The number of hydrogen-bond acceptors (Lipinski definition) is 4. The van der Waals surface area contributed by atoms with Crippen LogP contribution >= 0.6 is 11.6 Å². The van der Waals surface area contributed by atoms with Gasteiger partial charge in [-0.05, 0) is 18.2 Å². The molecular formula is C11H6ClF4N3O. The summed E-state index contributed by atoms with van der Waals surface area (Å²) in [5.41, 5.74) is 3.94. The largest absolute Gasteiger partial charge is 0.437 e. The number of alkyl halides is 3. The Kier molecular flexibility index (Phi) is 3.67. The van der Waals surface area contributed by atoms with Crippen molar-refractivity contribution < 1.29 is 22.3 Å². The fourth-order valence-corrected chi connectivity index (χ4v) is 1.47. The van der Waals surface area contributed by atoms with Gasteiger partial charge in [0.2, 0.25) is 5.88 Å². The maximum atomic E-state index is 13.1. The lowest BCUT2D eigenvalue weighted by atomic mass is 10.2. The second-order valence-electron chi connectivity index (χ2n) is 3.62. The van der Waals surface area contributed by atoms with Gasteiger partial charge < -0.3 is 10.5 Å². The predicted molar refractivity (Wildman–Crippen MR) is 62.9 cm³/mol. The number of hydrogen-bond donors (Lipinski definition) is 1. The van der Waals surface area contributed by atoms with Crippen LogP contribution in [-0.2, 0) is 6.18 Å². The van der Waals surface area contributed by atoms with E-state index < -0.39 is 17.6 Å². The molecule has 0 amide bonds. The molecule has 0 atom stereocenters. The zero-order valence-electron chi connectivity index (χ0n) is 9.58. The molecular weight excluding hydrogens is 302 g/mol. The minimum atomic E-state index is -4.84. The van der Waals surface area contributed by atoms with E-state index in [1.165, 1.54) is 0 Å². The minimum absolute atomic E-state index is 0.0881. The molecule has 0 bridgehead atoms. The Morgan fingerprint density at radius 2 is 1.90 bits per heavy atom. The second kappa shape index (κ2) is 5.12. The highest BCUT2D eigenvalue weighted by atomic mass is 35.5. The van der Waals surface area contributed by atoms with Crippen LogP contribution in [0.3, 0.4) is 0 Å². The van der Waals surface area contributed by atoms with Crippen LogP contribution in [0.25, 0.3) is 0 Å². The SMILES string of the molecule is Nc1ncnc(Oc2ccc(F)c(C(F)(F)F)c2)c1Cl. The van der Waals surface area contributed by atoms with E-state index in [9.17, 15) is 17.6 Å². The van der Waals surface area contributed by atoms with Crippen molar-refractivity contribution in [3.8, 4) is 11.6 Å². The molecule has 2 N–H and O–H groups in total. The zero-order valence-corrected chi connectivity index (χ0v) is 10.3. The molecule has 0 aliphatic rings. The first-order valence-corrected chi connectivity index (χ1v) is 5.47. The van der Waals surface area contributed by atoms with E-state index in [0.29, 0.717) is 12.1 Å². The van der Waals surface area contributed by atoms with Crippen molar-refractivity contribution in [1.82, 2.24) is 9.97 Å². The highest BCUT2D eigenvalue weighted by Crippen LogP contribution is 2.36. The third kappa shape index (κ3) is 2.90. The van der Waals surface area contributed by atoms with Crippen molar-refractivity contribution in [2.24, 2.45) is 0 Å². The summed E-state index contributed by atoms with van der Waals surface area (Å²) in [6, 6.07) is 2.15. The number of benzene rings is 1. The molecule has 1 aromatic carbocycles. The third-order valence-electron chi connectivity index (χ3n) is 2.24. The van der Waals surface area contributed by atoms with Gasteiger partial charge in [0.15, 0.2) is 0 Å². The number of halogens is 5. The fourth-order valence-electron chi connectivity index (χ4n) is 1.33. The topological polar surface area (TPSA) is 61.0 Å². The quantitative estimate of drug-likeness (QED) is 0.860. The number of ether oxygens (including phenoxy) is 1. The van der Waals surface area contributed by atoms with Crippen LogP contribution in [-0.4, -0.2) is 9.97 Å². The van der Waals surface area contributed by atoms with Crippen LogP contribution in [0.2, 0.25) is 5.02 Å². The molecule has 0 aliphatic carbocycles. The molecule has 0 spiro atoms. The molecule has 20 heavy (non-hydrogen) atoms. The summed E-state index contributed by atoms with van der Waals surface area (Å²) in [6.07, 6.45) is -3.80. The fraction of sp³-hybridized carbons (Fsp3) is 0.0909. The lowest BCUT2D eigenvalue weighted by molar-refractivity contribution is -0.140. The number of aromatic nitrogens is 2. The van der Waals surface area contributed by atoms with E-state index in [-0.39, 0.29) is 22.5 Å². The Morgan fingerprint density at radius 1 is 1.20 bits per heavy atom. The lowest BCUT2D eigenvalue weighted by Gasteiger charge is -2.11. The van der Waals surface area contributed by atoms with Gasteiger partial charge in [-0.3, -0.25) is 0 Å². The van der Waals surface area contributed by atoms with E-state index in [1.54, 1.807) is 0 Å². The van der Waals surface area contributed by atoms with Gasteiger partial charge in [0.25, 0.3) is 0 Å². The number of nitrogens with two attached hydrogens (primary N) is 1. The summed E-state index contributed by atoms with van der Waals surface area (Å²) in [7, 11) is 0. The second-order valence-corrected chi connectivity index (χ2v) is 4.00. The van der Waals surface area contributed by atoms with Gasteiger partial charge in [0, 0.05) is 0 Å². The van der Waals surface area contributed by atoms with Gasteiger partial charge in [0.1, 0.15) is 28.7 Å². The minimum Gasteiger partial charge on any atom is -0.437 e. The normalized spacial score (nSPS) is 11.4. The molecule has 2 aromatic rings. The van der Waals surface area contributed by atoms with E-state index in [0.717, 1.165) is 12.4 Å². The van der Waals surface area contributed by atoms with Crippen LogP contribution in [0.1, 0.15) is 5.56 Å². The van der Waals surface area contributed by atoms with Crippen molar-refractivity contribution in [3.05, 3.63) is 40.9 Å². The summed E-state index contributed by atoms with van der Waals surface area (Å²) in [6.45, 7) is 0. The molecule has 0 saturated heterocycles. The van der Waals surface area contributed by atoms with Crippen molar-refractivity contribution in [1.29, 1.82) is 0 Å². The first-order chi connectivity index (χ1) is 9.29. The molecule has 1 heterocycles. The van der Waals surface area contributed by atoms with E-state index in [1.807, 2.05) is 0 Å². The lowest BCUT2D eigenvalue weighted by Crippen LogP contribution is -2.08.